The van der Waals surface area contributed by atoms with Crippen molar-refractivity contribution in [3.05, 3.63) is 85.8 Å². The third-order valence-electron chi connectivity index (χ3n) is 7.60. The van der Waals surface area contributed by atoms with Crippen LogP contribution in [0.15, 0.2) is 47.8 Å². The van der Waals surface area contributed by atoms with Gasteiger partial charge in [0.05, 0.1) is 23.0 Å². The number of nitrogens with zero attached hydrogens (tertiary/aromatic N) is 2. The van der Waals surface area contributed by atoms with Crippen molar-refractivity contribution in [3.8, 4) is 0 Å². The predicted octanol–water partition coefficient (Wildman–Crippen LogP) is 6.65. The van der Waals surface area contributed by atoms with Crippen LogP contribution < -0.4 is 5.32 Å². The molecule has 39 heavy (non-hydrogen) atoms. The van der Waals surface area contributed by atoms with Gasteiger partial charge in [0.1, 0.15) is 5.69 Å². The van der Waals surface area contributed by atoms with E-state index in [2.05, 4.69) is 22.4 Å². The summed E-state index contributed by atoms with van der Waals surface area (Å²) in [4.78, 5) is 32.0. The van der Waals surface area contributed by atoms with E-state index in [0.29, 0.717) is 24.7 Å². The standard InChI is InChI=1S/C29H29ClF3N3O2S/c30-23-9-8-21(29(31,32)33)15-20(23)16-27(37)36-12-10-18(11-13-36)14-26-34-25(17-39-26)28(38)35-24-7-3-5-19-4-1-2-6-22(19)24/h1-2,4,6,8-9,15,17-18,24H,3,5,7,10-14,16H2,(H,35,38). The van der Waals surface area contributed by atoms with Gasteiger partial charge in [-0.2, -0.15) is 13.2 Å². The fraction of sp³-hybridized carbons (Fsp3) is 0.414. The minimum absolute atomic E-state index is 0.000262. The molecule has 1 aliphatic heterocycles. The summed E-state index contributed by atoms with van der Waals surface area (Å²) >= 11 is 7.55. The Kier molecular flexibility index (Phi) is 8.28. The normalized spacial score (nSPS) is 18.1. The fourth-order valence-corrected chi connectivity index (χ4v) is 6.51. The zero-order valence-corrected chi connectivity index (χ0v) is 22.8. The van der Waals surface area contributed by atoms with E-state index in [4.69, 9.17) is 11.6 Å². The number of benzene rings is 2. The summed E-state index contributed by atoms with van der Waals surface area (Å²) in [5.41, 5.74) is 2.28. The number of hydrogen-bond donors (Lipinski definition) is 1. The lowest BCUT2D eigenvalue weighted by Crippen LogP contribution is -2.39. The highest BCUT2D eigenvalue weighted by Gasteiger charge is 2.32. The van der Waals surface area contributed by atoms with Gasteiger partial charge < -0.3 is 10.2 Å². The van der Waals surface area contributed by atoms with Crippen LogP contribution in [0.4, 0.5) is 13.2 Å². The summed E-state index contributed by atoms with van der Waals surface area (Å²) in [7, 11) is 0. The molecule has 5 nitrogen and oxygen atoms in total. The molecule has 1 aromatic heterocycles. The SMILES string of the molecule is O=C(NC1CCCc2ccccc21)c1csc(CC2CCN(C(=O)Cc3cc(C(F)(F)F)ccc3Cl)CC2)n1. The molecule has 2 amide bonds. The number of halogens is 4. The summed E-state index contributed by atoms with van der Waals surface area (Å²) < 4.78 is 39.2. The van der Waals surface area contributed by atoms with Gasteiger partial charge in [-0.1, -0.05) is 35.9 Å². The highest BCUT2D eigenvalue weighted by atomic mass is 35.5. The second kappa shape index (κ2) is 11.7. The van der Waals surface area contributed by atoms with Gasteiger partial charge in [0.25, 0.3) is 5.91 Å². The molecule has 206 valence electrons. The van der Waals surface area contributed by atoms with Crippen LogP contribution in [0, 0.1) is 5.92 Å². The Morgan fingerprint density at radius 3 is 2.64 bits per heavy atom. The van der Waals surface area contributed by atoms with Gasteiger partial charge in [-0.05, 0) is 72.9 Å². The molecule has 1 fully saturated rings. The molecule has 5 rings (SSSR count). The van der Waals surface area contributed by atoms with E-state index < -0.39 is 11.7 Å². The molecule has 10 heteroatoms. The van der Waals surface area contributed by atoms with Gasteiger partial charge in [-0.3, -0.25) is 9.59 Å². The number of fused-ring (bicyclic) bond motifs is 1. The van der Waals surface area contributed by atoms with Crippen LogP contribution in [-0.4, -0.2) is 34.8 Å². The topological polar surface area (TPSA) is 62.3 Å². The van der Waals surface area contributed by atoms with Crippen LogP contribution in [0.5, 0.6) is 0 Å². The number of thiazole rings is 1. The Morgan fingerprint density at radius 1 is 1.10 bits per heavy atom. The average molecular weight is 576 g/mol. The van der Waals surface area contributed by atoms with Gasteiger partial charge in [0.2, 0.25) is 5.91 Å². The number of aryl methyl sites for hydroxylation is 1. The van der Waals surface area contributed by atoms with Gasteiger partial charge in [0, 0.05) is 29.9 Å². The largest absolute Gasteiger partial charge is 0.416 e. The summed E-state index contributed by atoms with van der Waals surface area (Å²) in [5, 5.41) is 6.00. The Bertz CT molecular complexity index is 1350. The Hall–Kier alpha value is -2.91. The molecule has 1 aliphatic carbocycles. The molecule has 2 aromatic carbocycles. The number of rotatable bonds is 6. The Labute approximate surface area is 234 Å². The van der Waals surface area contributed by atoms with Crippen molar-refractivity contribution in [1.29, 1.82) is 0 Å². The predicted molar refractivity (Wildman–Crippen MR) is 145 cm³/mol. The van der Waals surface area contributed by atoms with Gasteiger partial charge in [0.15, 0.2) is 0 Å². The third-order valence-corrected chi connectivity index (χ3v) is 8.84. The maximum Gasteiger partial charge on any atom is 0.416 e. The van der Waals surface area contributed by atoms with E-state index in [9.17, 15) is 22.8 Å². The van der Waals surface area contributed by atoms with E-state index in [1.165, 1.54) is 28.5 Å². The molecule has 0 bridgehead atoms. The molecule has 0 saturated carbocycles. The van der Waals surface area contributed by atoms with Crippen LogP contribution in [-0.2, 0) is 30.2 Å². The van der Waals surface area contributed by atoms with Gasteiger partial charge in [-0.25, -0.2) is 4.98 Å². The molecule has 3 aromatic rings. The number of likely N-dealkylation sites (tertiary alicyclic amines) is 1. The maximum absolute atomic E-state index is 13.1. The summed E-state index contributed by atoms with van der Waals surface area (Å²) in [5.74, 6) is -0.0708. The first kappa shape index (κ1) is 27.6. The molecule has 2 heterocycles. The van der Waals surface area contributed by atoms with E-state index >= 15 is 0 Å². The summed E-state index contributed by atoms with van der Waals surface area (Å²) in [6.07, 6.45) is 0.597. The quantitative estimate of drug-likeness (QED) is 0.358. The maximum atomic E-state index is 13.1. The first-order valence-electron chi connectivity index (χ1n) is 13.1. The van der Waals surface area contributed by atoms with Crippen molar-refractivity contribution in [2.45, 2.75) is 57.2 Å². The van der Waals surface area contributed by atoms with Crippen LogP contribution in [0.25, 0.3) is 0 Å². The Balaban J connectivity index is 1.12. The smallest absolute Gasteiger partial charge is 0.344 e. The number of aromatic nitrogens is 1. The average Bonchev–Trinajstić information content (AvgIpc) is 3.38. The van der Waals surface area contributed by atoms with Crippen molar-refractivity contribution in [2.24, 2.45) is 5.92 Å². The van der Waals surface area contributed by atoms with Crippen molar-refractivity contribution in [1.82, 2.24) is 15.2 Å². The lowest BCUT2D eigenvalue weighted by Gasteiger charge is -2.32. The van der Waals surface area contributed by atoms with Gasteiger partial charge in [-0.15, -0.1) is 11.3 Å². The number of nitrogens with one attached hydrogen (secondary N) is 1. The molecule has 1 unspecified atom stereocenters. The number of hydrogen-bond acceptors (Lipinski definition) is 4. The lowest BCUT2D eigenvalue weighted by atomic mass is 9.88. The van der Waals surface area contributed by atoms with Crippen molar-refractivity contribution >= 4 is 34.8 Å². The zero-order valence-electron chi connectivity index (χ0n) is 21.3. The molecule has 0 radical (unpaired) electrons. The van der Waals surface area contributed by atoms with Crippen LogP contribution in [0.1, 0.15) is 69.5 Å². The fourth-order valence-electron chi connectivity index (χ4n) is 5.44. The first-order chi connectivity index (χ1) is 18.7. The van der Waals surface area contributed by atoms with Crippen molar-refractivity contribution in [2.75, 3.05) is 13.1 Å². The molecular formula is C29H29ClF3N3O2S. The summed E-state index contributed by atoms with van der Waals surface area (Å²) in [6, 6.07) is 11.3. The zero-order chi connectivity index (χ0) is 27.6. The number of carbonyl (C=O) groups excluding carboxylic acids is 2. The molecule has 1 atom stereocenters. The number of piperidine rings is 1. The molecule has 1 N–H and O–H groups in total. The van der Waals surface area contributed by atoms with Crippen LogP contribution >= 0.6 is 22.9 Å². The second-order valence-electron chi connectivity index (χ2n) is 10.3. The van der Waals surface area contributed by atoms with E-state index in [1.54, 1.807) is 10.3 Å². The highest BCUT2D eigenvalue weighted by molar-refractivity contribution is 7.09. The van der Waals surface area contributed by atoms with E-state index in [1.807, 2.05) is 12.1 Å². The van der Waals surface area contributed by atoms with Crippen LogP contribution in [0.3, 0.4) is 0 Å². The van der Waals surface area contributed by atoms with Crippen LogP contribution in [0.2, 0.25) is 5.02 Å². The molecule has 0 spiro atoms. The monoisotopic (exact) mass is 575 g/mol. The molecule has 2 aliphatic rings. The highest BCUT2D eigenvalue weighted by Crippen LogP contribution is 2.33. The van der Waals surface area contributed by atoms with E-state index in [0.717, 1.165) is 55.7 Å². The van der Waals surface area contributed by atoms with E-state index in [-0.39, 0.29) is 34.9 Å². The summed E-state index contributed by atoms with van der Waals surface area (Å²) in [6.45, 7) is 1.06. The third kappa shape index (κ3) is 6.64. The Morgan fingerprint density at radius 2 is 1.87 bits per heavy atom. The minimum Gasteiger partial charge on any atom is -0.344 e. The van der Waals surface area contributed by atoms with Crippen molar-refractivity contribution < 1.29 is 22.8 Å². The lowest BCUT2D eigenvalue weighted by molar-refractivity contribution is -0.138. The van der Waals surface area contributed by atoms with Gasteiger partial charge >= 0.3 is 6.18 Å². The minimum atomic E-state index is -4.49. The molecular weight excluding hydrogens is 547 g/mol. The first-order valence-corrected chi connectivity index (χ1v) is 14.4. The number of amides is 2. The van der Waals surface area contributed by atoms with Crippen molar-refractivity contribution in [3.63, 3.8) is 0 Å². The molecule has 1 saturated heterocycles. The number of alkyl halides is 3. The second-order valence-corrected chi connectivity index (χ2v) is 11.6. The number of carbonyl (C=O) groups is 2.